The fourth-order valence-corrected chi connectivity index (χ4v) is 4.21. The number of hydrogen-bond donors (Lipinski definition) is 1. The Morgan fingerprint density at radius 3 is 2.44 bits per heavy atom. The number of halogens is 3. The van der Waals surface area contributed by atoms with Crippen LogP contribution < -0.4 is 10.9 Å². The van der Waals surface area contributed by atoms with E-state index in [2.05, 4.69) is 5.32 Å². The number of anilines is 1. The predicted octanol–water partition coefficient (Wildman–Crippen LogP) is 4.72. The molecule has 1 aromatic carbocycles. The number of nitrogens with zero attached hydrogens (tertiary/aromatic N) is 1. The average molecular weight is 464 g/mol. The first-order valence-electron chi connectivity index (χ1n) is 9.55. The topological polar surface area (TPSA) is 77.4 Å². The summed E-state index contributed by atoms with van der Waals surface area (Å²) in [5.74, 6) is -1.39. The first-order chi connectivity index (χ1) is 15.1. The summed E-state index contributed by atoms with van der Waals surface area (Å²) in [4.78, 5) is 37.9. The van der Waals surface area contributed by atoms with Crippen LogP contribution in [0.5, 0.6) is 0 Å². The van der Waals surface area contributed by atoms with Crippen molar-refractivity contribution < 1.29 is 27.5 Å². The van der Waals surface area contributed by atoms with E-state index in [4.69, 9.17) is 4.74 Å². The van der Waals surface area contributed by atoms with Crippen molar-refractivity contribution in [2.45, 2.75) is 26.6 Å². The Morgan fingerprint density at radius 1 is 1.12 bits per heavy atom. The number of pyridine rings is 1. The highest BCUT2D eigenvalue weighted by atomic mass is 32.1. The van der Waals surface area contributed by atoms with Gasteiger partial charge in [0.25, 0.3) is 5.56 Å². The van der Waals surface area contributed by atoms with Crippen molar-refractivity contribution in [1.29, 1.82) is 0 Å². The summed E-state index contributed by atoms with van der Waals surface area (Å²) in [5.41, 5.74) is -0.300. The standard InChI is InChI=1S/C22H19F3N2O4S/c1-3-31-21(30)19-18(14-7-5-4-6-8-14)13(2)32-20(19)26-16(28)12-27-11-15(22(23,24)25)9-10-17(27)29/h4-11H,3,12H2,1-2H3,(H,26,28). The van der Waals surface area contributed by atoms with E-state index >= 15 is 0 Å². The Morgan fingerprint density at radius 2 is 1.81 bits per heavy atom. The Hall–Kier alpha value is -3.40. The zero-order valence-electron chi connectivity index (χ0n) is 17.2. The highest BCUT2D eigenvalue weighted by Crippen LogP contribution is 2.40. The monoisotopic (exact) mass is 464 g/mol. The van der Waals surface area contributed by atoms with Crippen molar-refractivity contribution in [3.63, 3.8) is 0 Å². The van der Waals surface area contributed by atoms with Crippen molar-refractivity contribution in [3.8, 4) is 11.1 Å². The van der Waals surface area contributed by atoms with E-state index in [1.54, 1.807) is 26.0 Å². The summed E-state index contributed by atoms with van der Waals surface area (Å²) in [5, 5.41) is 2.75. The van der Waals surface area contributed by atoms with Crippen LogP contribution in [0.15, 0.2) is 53.5 Å². The lowest BCUT2D eigenvalue weighted by Crippen LogP contribution is -2.28. The fraction of sp³-hybridized carbons (Fsp3) is 0.227. The summed E-state index contributed by atoms with van der Waals surface area (Å²) in [6, 6.07) is 10.5. The molecule has 0 aliphatic carbocycles. The van der Waals surface area contributed by atoms with Gasteiger partial charge in [-0.3, -0.25) is 9.59 Å². The molecule has 2 heterocycles. The van der Waals surface area contributed by atoms with Gasteiger partial charge in [-0.05, 0) is 25.5 Å². The maximum absolute atomic E-state index is 12.9. The molecule has 0 saturated heterocycles. The van der Waals surface area contributed by atoms with Gasteiger partial charge in [-0.25, -0.2) is 4.79 Å². The van der Waals surface area contributed by atoms with Crippen LogP contribution in [0.4, 0.5) is 18.2 Å². The minimum Gasteiger partial charge on any atom is -0.462 e. The SMILES string of the molecule is CCOC(=O)c1c(NC(=O)Cn2cc(C(F)(F)F)ccc2=O)sc(C)c1-c1ccccc1. The maximum atomic E-state index is 12.9. The van der Waals surface area contributed by atoms with Crippen LogP contribution in [0.3, 0.4) is 0 Å². The molecule has 1 amide bonds. The zero-order chi connectivity index (χ0) is 23.5. The number of carbonyl (C=O) groups excluding carboxylic acids is 2. The fourth-order valence-electron chi connectivity index (χ4n) is 3.13. The molecule has 0 fully saturated rings. The van der Waals surface area contributed by atoms with Gasteiger partial charge in [0.1, 0.15) is 17.1 Å². The van der Waals surface area contributed by atoms with Crippen LogP contribution in [-0.4, -0.2) is 23.1 Å². The van der Waals surface area contributed by atoms with Gasteiger partial charge in [-0.15, -0.1) is 11.3 Å². The molecule has 6 nitrogen and oxygen atoms in total. The van der Waals surface area contributed by atoms with E-state index in [0.717, 1.165) is 27.8 Å². The highest BCUT2D eigenvalue weighted by Gasteiger charge is 2.31. The second-order valence-corrected chi connectivity index (χ2v) is 7.98. The quantitative estimate of drug-likeness (QED) is 0.536. The Balaban J connectivity index is 1.95. The number of ether oxygens (including phenoxy) is 1. The van der Waals surface area contributed by atoms with Crippen molar-refractivity contribution in [2.24, 2.45) is 0 Å². The summed E-state index contributed by atoms with van der Waals surface area (Å²) in [7, 11) is 0. The molecule has 0 bridgehead atoms. The molecule has 1 N–H and O–H groups in total. The number of alkyl halides is 3. The lowest BCUT2D eigenvalue weighted by atomic mass is 10.0. The first kappa shape index (κ1) is 23.3. The normalized spacial score (nSPS) is 11.3. The molecule has 0 saturated carbocycles. The third-order valence-corrected chi connectivity index (χ3v) is 5.52. The summed E-state index contributed by atoms with van der Waals surface area (Å²) in [6.45, 7) is 2.90. The molecule has 168 valence electrons. The molecule has 10 heteroatoms. The van der Waals surface area contributed by atoms with E-state index < -0.39 is 35.7 Å². The van der Waals surface area contributed by atoms with Gasteiger partial charge in [0.05, 0.1) is 12.2 Å². The minimum atomic E-state index is -4.65. The number of hydrogen-bond acceptors (Lipinski definition) is 5. The zero-order valence-corrected chi connectivity index (χ0v) is 18.0. The molecule has 0 aliphatic rings. The Kier molecular flexibility index (Phi) is 6.83. The maximum Gasteiger partial charge on any atom is 0.417 e. The van der Waals surface area contributed by atoms with Crippen LogP contribution in [0.1, 0.15) is 27.7 Å². The number of benzene rings is 1. The van der Waals surface area contributed by atoms with E-state index in [0.29, 0.717) is 22.4 Å². The van der Waals surface area contributed by atoms with Gasteiger partial charge in [0.15, 0.2) is 0 Å². The number of thiophene rings is 1. The Labute approximate surface area is 185 Å². The van der Waals surface area contributed by atoms with Crippen LogP contribution >= 0.6 is 11.3 Å². The Bertz CT molecular complexity index is 1200. The molecule has 0 radical (unpaired) electrons. The van der Waals surface area contributed by atoms with E-state index in [-0.39, 0.29) is 17.2 Å². The molecular weight excluding hydrogens is 445 g/mol. The van der Waals surface area contributed by atoms with Crippen molar-refractivity contribution in [3.05, 3.63) is 75.0 Å². The van der Waals surface area contributed by atoms with Crippen molar-refractivity contribution >= 4 is 28.2 Å². The third-order valence-electron chi connectivity index (χ3n) is 4.50. The number of aryl methyl sites for hydroxylation is 1. The van der Waals surface area contributed by atoms with Crippen LogP contribution in [0.25, 0.3) is 11.1 Å². The molecule has 0 atom stereocenters. The third kappa shape index (κ3) is 5.08. The minimum absolute atomic E-state index is 0.120. The molecule has 0 unspecified atom stereocenters. The van der Waals surface area contributed by atoms with Gasteiger partial charge in [0.2, 0.25) is 5.91 Å². The van der Waals surface area contributed by atoms with E-state index in [9.17, 15) is 27.6 Å². The van der Waals surface area contributed by atoms with Gasteiger partial charge in [0, 0.05) is 22.7 Å². The van der Waals surface area contributed by atoms with E-state index in [1.807, 2.05) is 18.2 Å². The van der Waals surface area contributed by atoms with Crippen molar-refractivity contribution in [2.75, 3.05) is 11.9 Å². The molecule has 3 rings (SSSR count). The molecule has 2 aromatic heterocycles. The lowest BCUT2D eigenvalue weighted by Gasteiger charge is -2.11. The second-order valence-electron chi connectivity index (χ2n) is 6.75. The largest absolute Gasteiger partial charge is 0.462 e. The number of carbonyl (C=O) groups is 2. The van der Waals surface area contributed by atoms with E-state index in [1.165, 1.54) is 0 Å². The summed E-state index contributed by atoms with van der Waals surface area (Å²) < 4.78 is 44.6. The average Bonchev–Trinajstić information content (AvgIpc) is 3.05. The smallest absolute Gasteiger partial charge is 0.417 e. The predicted molar refractivity (Wildman–Crippen MR) is 115 cm³/mol. The molecule has 32 heavy (non-hydrogen) atoms. The summed E-state index contributed by atoms with van der Waals surface area (Å²) in [6.07, 6.45) is -4.07. The van der Waals surface area contributed by atoms with Crippen LogP contribution in [-0.2, 0) is 22.3 Å². The molecule has 0 aliphatic heterocycles. The lowest BCUT2D eigenvalue weighted by molar-refractivity contribution is -0.138. The van der Waals surface area contributed by atoms with Crippen molar-refractivity contribution in [1.82, 2.24) is 4.57 Å². The number of amides is 1. The first-order valence-corrected chi connectivity index (χ1v) is 10.4. The van der Waals surface area contributed by atoms with Gasteiger partial charge < -0.3 is 14.6 Å². The number of rotatable bonds is 6. The van der Waals surface area contributed by atoms with Gasteiger partial charge in [-0.2, -0.15) is 13.2 Å². The van der Waals surface area contributed by atoms with Gasteiger partial charge >= 0.3 is 12.1 Å². The van der Waals surface area contributed by atoms with Gasteiger partial charge in [-0.1, -0.05) is 30.3 Å². The number of esters is 1. The number of nitrogens with one attached hydrogen (secondary N) is 1. The molecule has 3 aromatic rings. The molecular formula is C22H19F3N2O4S. The second kappa shape index (κ2) is 9.39. The number of aromatic nitrogens is 1. The molecule has 0 spiro atoms. The van der Waals surface area contributed by atoms with Crippen LogP contribution in [0.2, 0.25) is 0 Å². The highest BCUT2D eigenvalue weighted by molar-refractivity contribution is 7.17. The van der Waals surface area contributed by atoms with Crippen LogP contribution in [0, 0.1) is 6.92 Å². The summed E-state index contributed by atoms with van der Waals surface area (Å²) >= 11 is 1.14.